The number of benzene rings is 3. The molecule has 0 saturated heterocycles. The molecule has 4 aromatic rings. The molecule has 0 aliphatic carbocycles. The first-order valence-corrected chi connectivity index (χ1v) is 11.4. The van der Waals surface area contributed by atoms with Gasteiger partial charge >= 0.3 is 11.8 Å². The monoisotopic (exact) mass is 500 g/mol. The van der Waals surface area contributed by atoms with Gasteiger partial charge in [0.1, 0.15) is 17.0 Å². The molecule has 0 atom stereocenters. The molecule has 1 aliphatic heterocycles. The zero-order chi connectivity index (χ0) is 26.1. The van der Waals surface area contributed by atoms with Gasteiger partial charge in [-0.05, 0) is 55.3 Å². The number of aryl methyl sites for hydroxylation is 1. The molecule has 0 saturated carbocycles. The van der Waals surface area contributed by atoms with Crippen molar-refractivity contribution in [3.63, 3.8) is 0 Å². The van der Waals surface area contributed by atoms with Crippen molar-refractivity contribution in [1.82, 2.24) is 4.68 Å². The third kappa shape index (κ3) is 4.52. The number of aromatic nitrogens is 1. The molecule has 10 nitrogen and oxygen atoms in total. The highest BCUT2D eigenvalue weighted by atomic mass is 16.7. The van der Waals surface area contributed by atoms with Crippen LogP contribution in [0.3, 0.4) is 0 Å². The van der Waals surface area contributed by atoms with Gasteiger partial charge in [-0.15, -0.1) is 0 Å². The van der Waals surface area contributed by atoms with Crippen LogP contribution in [0.2, 0.25) is 0 Å². The minimum Gasteiger partial charge on any atom is -0.494 e. The first kappa shape index (κ1) is 23.7. The lowest BCUT2D eigenvalue weighted by molar-refractivity contribution is -0.133. The third-order valence-electron chi connectivity index (χ3n) is 6.14. The molecule has 0 spiro atoms. The number of nitrogens with one attached hydrogen (secondary N) is 3. The largest absolute Gasteiger partial charge is 0.494 e. The summed E-state index contributed by atoms with van der Waals surface area (Å²) in [5.74, 6) is -0.959. The van der Waals surface area contributed by atoms with Gasteiger partial charge in [-0.25, -0.2) is 4.68 Å². The number of anilines is 2. The summed E-state index contributed by atoms with van der Waals surface area (Å²) in [5, 5.41) is 6.07. The lowest BCUT2D eigenvalue weighted by atomic mass is 10.1. The van der Waals surface area contributed by atoms with E-state index in [0.717, 1.165) is 11.1 Å². The lowest BCUT2D eigenvalue weighted by Gasteiger charge is -2.15. The zero-order valence-corrected chi connectivity index (χ0v) is 20.4. The predicted molar refractivity (Wildman–Crippen MR) is 138 cm³/mol. The van der Waals surface area contributed by atoms with Gasteiger partial charge in [0.05, 0.1) is 7.11 Å². The quantitative estimate of drug-likeness (QED) is 0.357. The number of amides is 3. The molecule has 5 rings (SSSR count). The Labute approximate surface area is 212 Å². The van der Waals surface area contributed by atoms with Crippen molar-refractivity contribution in [2.75, 3.05) is 30.0 Å². The molecule has 37 heavy (non-hydrogen) atoms. The molecule has 10 heteroatoms. The Kier molecular flexibility index (Phi) is 6.14. The number of rotatable bonds is 5. The van der Waals surface area contributed by atoms with Crippen LogP contribution in [0.4, 0.5) is 11.4 Å². The Hall–Kier alpha value is -4.99. The van der Waals surface area contributed by atoms with E-state index in [2.05, 4.69) is 16.1 Å². The van der Waals surface area contributed by atoms with Crippen LogP contribution >= 0.6 is 0 Å². The summed E-state index contributed by atoms with van der Waals surface area (Å²) in [7, 11) is 1.48. The zero-order valence-electron chi connectivity index (χ0n) is 20.4. The number of ether oxygens (including phenoxy) is 3. The fourth-order valence-corrected chi connectivity index (χ4v) is 4.06. The molecular weight excluding hydrogens is 476 g/mol. The maximum atomic E-state index is 13.4. The summed E-state index contributed by atoms with van der Waals surface area (Å²) < 4.78 is 17.3. The number of fused-ring (bicyclic) bond motifs is 2. The summed E-state index contributed by atoms with van der Waals surface area (Å²) in [6, 6.07) is 17.2. The van der Waals surface area contributed by atoms with Crippen molar-refractivity contribution in [3.05, 3.63) is 77.5 Å². The highest BCUT2D eigenvalue weighted by molar-refractivity contribution is 6.42. The van der Waals surface area contributed by atoms with Gasteiger partial charge in [0, 0.05) is 22.8 Å². The van der Waals surface area contributed by atoms with Crippen LogP contribution in [-0.2, 0) is 9.59 Å². The molecule has 0 bridgehead atoms. The lowest BCUT2D eigenvalue weighted by Crippen LogP contribution is -2.36. The molecule has 3 amide bonds. The van der Waals surface area contributed by atoms with Gasteiger partial charge in [-0.3, -0.25) is 19.8 Å². The van der Waals surface area contributed by atoms with E-state index in [1.807, 2.05) is 26.0 Å². The molecule has 3 N–H and O–H groups in total. The van der Waals surface area contributed by atoms with Crippen LogP contribution in [0.5, 0.6) is 17.2 Å². The Balaban J connectivity index is 1.45. The average Bonchev–Trinajstić information content (AvgIpc) is 3.51. The number of hydrogen-bond donors (Lipinski definition) is 3. The van der Waals surface area contributed by atoms with E-state index in [9.17, 15) is 14.4 Å². The second-order valence-electron chi connectivity index (χ2n) is 8.43. The molecule has 0 unspecified atom stereocenters. The van der Waals surface area contributed by atoms with E-state index in [4.69, 9.17) is 14.2 Å². The topological polar surface area (TPSA) is 120 Å². The fourth-order valence-electron chi connectivity index (χ4n) is 4.06. The van der Waals surface area contributed by atoms with E-state index in [0.29, 0.717) is 39.5 Å². The summed E-state index contributed by atoms with van der Waals surface area (Å²) >= 11 is 0. The summed E-state index contributed by atoms with van der Waals surface area (Å²) in [6.45, 7) is 3.94. The Morgan fingerprint density at radius 2 is 1.68 bits per heavy atom. The molecular formula is C27H24N4O6. The van der Waals surface area contributed by atoms with Gasteiger partial charge in [-0.1, -0.05) is 24.3 Å². The van der Waals surface area contributed by atoms with Crippen molar-refractivity contribution in [2.24, 2.45) is 0 Å². The average molecular weight is 501 g/mol. The van der Waals surface area contributed by atoms with E-state index >= 15 is 0 Å². The van der Waals surface area contributed by atoms with Gasteiger partial charge in [0.2, 0.25) is 6.79 Å². The molecule has 0 radical (unpaired) electrons. The second-order valence-corrected chi connectivity index (χ2v) is 8.43. The third-order valence-corrected chi connectivity index (χ3v) is 6.14. The molecule has 3 aromatic carbocycles. The smallest absolute Gasteiger partial charge is 0.328 e. The van der Waals surface area contributed by atoms with Gasteiger partial charge < -0.3 is 24.8 Å². The first-order valence-electron chi connectivity index (χ1n) is 11.4. The molecule has 1 aromatic heterocycles. The number of hydrogen-bond acceptors (Lipinski definition) is 6. The van der Waals surface area contributed by atoms with Crippen LogP contribution in [-0.4, -0.2) is 36.3 Å². The number of methoxy groups -OCH3 is 1. The second kappa shape index (κ2) is 9.57. The number of carbonyl (C=O) groups excluding carboxylic acids is 3. The Morgan fingerprint density at radius 3 is 2.49 bits per heavy atom. The van der Waals surface area contributed by atoms with Crippen LogP contribution in [0, 0.1) is 13.8 Å². The van der Waals surface area contributed by atoms with E-state index in [-0.39, 0.29) is 12.5 Å². The molecule has 188 valence electrons. The Morgan fingerprint density at radius 1 is 0.892 bits per heavy atom. The summed E-state index contributed by atoms with van der Waals surface area (Å²) in [4.78, 5) is 39.1. The van der Waals surface area contributed by atoms with E-state index in [1.165, 1.54) is 11.8 Å². The standard InChI is InChI=1S/C27H24N4O6/c1-15-6-4-8-19(16(15)2)29-25(32)20-12-17-7-5-9-22(35-3)24(17)31(20)30-27(34)26(33)28-18-10-11-21-23(13-18)37-14-36-21/h4-13H,14H2,1-3H3,(H,28,33)(H,29,32)(H,30,34). The van der Waals surface area contributed by atoms with Gasteiger partial charge in [0.15, 0.2) is 11.5 Å². The SMILES string of the molecule is COc1cccc2cc(C(=O)Nc3cccc(C)c3C)n(NC(=O)C(=O)Nc3ccc4c(c3)OCO4)c12. The normalized spacial score (nSPS) is 11.8. The van der Waals surface area contributed by atoms with Gasteiger partial charge in [0.25, 0.3) is 5.91 Å². The summed E-state index contributed by atoms with van der Waals surface area (Å²) in [6.07, 6.45) is 0. The minimum atomic E-state index is -0.984. The minimum absolute atomic E-state index is 0.0860. The highest BCUT2D eigenvalue weighted by Crippen LogP contribution is 2.34. The maximum absolute atomic E-state index is 13.4. The van der Waals surface area contributed by atoms with Crippen LogP contribution in [0.15, 0.2) is 60.7 Å². The fraction of sp³-hybridized carbons (Fsp3) is 0.148. The van der Waals surface area contributed by atoms with Crippen LogP contribution in [0.25, 0.3) is 10.9 Å². The van der Waals surface area contributed by atoms with Crippen LogP contribution < -0.4 is 30.3 Å². The molecule has 0 fully saturated rings. The van der Waals surface area contributed by atoms with Crippen molar-refractivity contribution in [2.45, 2.75) is 13.8 Å². The van der Waals surface area contributed by atoms with E-state index < -0.39 is 17.7 Å². The Bertz CT molecular complexity index is 1560. The van der Waals surface area contributed by atoms with Crippen molar-refractivity contribution < 1.29 is 28.6 Å². The van der Waals surface area contributed by atoms with Crippen molar-refractivity contribution in [1.29, 1.82) is 0 Å². The number of para-hydroxylation sites is 1. The molecule has 1 aliphatic rings. The predicted octanol–water partition coefficient (Wildman–Crippen LogP) is 3.96. The highest BCUT2D eigenvalue weighted by Gasteiger charge is 2.24. The van der Waals surface area contributed by atoms with Crippen LogP contribution in [0.1, 0.15) is 21.6 Å². The van der Waals surface area contributed by atoms with E-state index in [1.54, 1.807) is 48.5 Å². The van der Waals surface area contributed by atoms with Gasteiger partial charge in [-0.2, -0.15) is 0 Å². The van der Waals surface area contributed by atoms with Crippen molar-refractivity contribution in [3.8, 4) is 17.2 Å². The number of nitrogens with zero attached hydrogens (tertiary/aromatic N) is 1. The number of carbonyl (C=O) groups is 3. The summed E-state index contributed by atoms with van der Waals surface area (Å²) in [5.41, 5.74) is 6.02. The molecule has 2 heterocycles. The maximum Gasteiger partial charge on any atom is 0.328 e. The van der Waals surface area contributed by atoms with Crippen molar-refractivity contribution >= 4 is 40.0 Å². The first-order chi connectivity index (χ1) is 17.9.